The molecular formula is C20H24ClF2N5O3S. The van der Waals surface area contributed by atoms with E-state index in [-0.39, 0.29) is 28.3 Å². The molecule has 12 heteroatoms. The molecule has 0 atom stereocenters. The van der Waals surface area contributed by atoms with E-state index >= 15 is 0 Å². The first kappa shape index (κ1) is 24.2. The number of rotatable bonds is 9. The zero-order valence-electron chi connectivity index (χ0n) is 17.5. The van der Waals surface area contributed by atoms with E-state index in [1.54, 1.807) is 0 Å². The van der Waals surface area contributed by atoms with Crippen molar-refractivity contribution in [2.45, 2.75) is 57.5 Å². The van der Waals surface area contributed by atoms with Crippen LogP contribution in [0, 0.1) is 0 Å². The van der Waals surface area contributed by atoms with Gasteiger partial charge < -0.3 is 19.5 Å². The Bertz CT molecular complexity index is 959. The van der Waals surface area contributed by atoms with Gasteiger partial charge in [0.15, 0.2) is 11.0 Å². The summed E-state index contributed by atoms with van der Waals surface area (Å²) in [6.45, 7) is 0.687. The van der Waals surface area contributed by atoms with Crippen molar-refractivity contribution in [1.82, 2.24) is 19.7 Å². The highest BCUT2D eigenvalue weighted by atomic mass is 35.5. The SMILES string of the molecule is CCn1c(CN2CCCCCC2=O)nnc1SCC(=O)Nc1ccc(OC(F)F)c(Cl)c1. The number of anilines is 1. The van der Waals surface area contributed by atoms with Gasteiger partial charge in [0.25, 0.3) is 0 Å². The summed E-state index contributed by atoms with van der Waals surface area (Å²) >= 11 is 7.13. The quantitative estimate of drug-likeness (QED) is 0.533. The molecular weight excluding hydrogens is 464 g/mol. The van der Waals surface area contributed by atoms with E-state index in [0.717, 1.165) is 19.3 Å². The van der Waals surface area contributed by atoms with Crippen molar-refractivity contribution >= 4 is 40.9 Å². The molecule has 0 spiro atoms. The van der Waals surface area contributed by atoms with Crippen LogP contribution in [0.15, 0.2) is 23.4 Å². The zero-order chi connectivity index (χ0) is 23.1. The Hall–Kier alpha value is -2.40. The number of ether oxygens (including phenoxy) is 1. The number of hydrogen-bond donors (Lipinski definition) is 1. The van der Waals surface area contributed by atoms with Crippen LogP contribution in [0.4, 0.5) is 14.5 Å². The van der Waals surface area contributed by atoms with Crippen LogP contribution in [-0.4, -0.2) is 50.4 Å². The lowest BCUT2D eigenvalue weighted by molar-refractivity contribution is -0.131. The maximum Gasteiger partial charge on any atom is 0.387 e. The molecule has 0 saturated carbocycles. The molecule has 1 aliphatic rings. The molecule has 2 heterocycles. The number of hydrogen-bond acceptors (Lipinski definition) is 6. The number of carbonyl (C=O) groups excluding carboxylic acids is 2. The number of thioether (sulfide) groups is 1. The van der Waals surface area contributed by atoms with Crippen LogP contribution in [0.5, 0.6) is 5.75 Å². The van der Waals surface area contributed by atoms with Crippen molar-refractivity contribution in [3.8, 4) is 5.75 Å². The molecule has 3 rings (SSSR count). The number of nitrogens with one attached hydrogen (secondary N) is 1. The van der Waals surface area contributed by atoms with Crippen LogP contribution in [0.1, 0.15) is 38.4 Å². The lowest BCUT2D eigenvalue weighted by atomic mass is 10.2. The van der Waals surface area contributed by atoms with Crippen LogP contribution in [0.2, 0.25) is 5.02 Å². The van der Waals surface area contributed by atoms with Crippen molar-refractivity contribution in [1.29, 1.82) is 0 Å². The smallest absolute Gasteiger partial charge is 0.387 e. The monoisotopic (exact) mass is 487 g/mol. The van der Waals surface area contributed by atoms with E-state index in [1.165, 1.54) is 30.0 Å². The van der Waals surface area contributed by atoms with Gasteiger partial charge in [0.1, 0.15) is 5.75 Å². The number of carbonyl (C=O) groups is 2. The van der Waals surface area contributed by atoms with E-state index in [4.69, 9.17) is 11.6 Å². The minimum absolute atomic E-state index is 0.0332. The number of nitrogens with zero attached hydrogens (tertiary/aromatic N) is 4. The summed E-state index contributed by atoms with van der Waals surface area (Å²) in [5.74, 6) is 0.398. The van der Waals surface area contributed by atoms with E-state index in [1.807, 2.05) is 16.4 Å². The lowest BCUT2D eigenvalue weighted by Crippen LogP contribution is -2.31. The van der Waals surface area contributed by atoms with Gasteiger partial charge in [-0.05, 0) is 38.0 Å². The van der Waals surface area contributed by atoms with Crippen molar-refractivity contribution in [2.24, 2.45) is 0 Å². The fourth-order valence-electron chi connectivity index (χ4n) is 3.33. The average molecular weight is 488 g/mol. The van der Waals surface area contributed by atoms with Gasteiger partial charge in [-0.2, -0.15) is 8.78 Å². The average Bonchev–Trinajstić information content (AvgIpc) is 3.02. The Morgan fingerprint density at radius 3 is 2.84 bits per heavy atom. The first-order valence-corrected chi connectivity index (χ1v) is 11.6. The molecule has 174 valence electrons. The Morgan fingerprint density at radius 2 is 2.12 bits per heavy atom. The third-order valence-corrected chi connectivity index (χ3v) is 6.14. The molecule has 1 fully saturated rings. The molecule has 0 bridgehead atoms. The first-order valence-electron chi connectivity index (χ1n) is 10.2. The largest absolute Gasteiger partial charge is 0.433 e. The fourth-order valence-corrected chi connectivity index (χ4v) is 4.38. The maximum atomic E-state index is 12.3. The van der Waals surface area contributed by atoms with Crippen LogP contribution in [0.3, 0.4) is 0 Å². The molecule has 2 aromatic rings. The molecule has 1 aromatic carbocycles. The van der Waals surface area contributed by atoms with Crippen molar-refractivity contribution in [3.05, 3.63) is 29.0 Å². The summed E-state index contributed by atoms with van der Waals surface area (Å²) in [5, 5.41) is 11.6. The van der Waals surface area contributed by atoms with E-state index in [2.05, 4.69) is 20.3 Å². The maximum absolute atomic E-state index is 12.3. The minimum Gasteiger partial charge on any atom is -0.433 e. The van der Waals surface area contributed by atoms with Crippen LogP contribution < -0.4 is 10.1 Å². The van der Waals surface area contributed by atoms with E-state index < -0.39 is 6.61 Å². The minimum atomic E-state index is -2.98. The number of halogens is 3. The fraction of sp³-hybridized carbons (Fsp3) is 0.500. The van der Waals surface area contributed by atoms with Crippen molar-refractivity contribution in [2.75, 3.05) is 17.6 Å². The Morgan fingerprint density at radius 1 is 1.31 bits per heavy atom. The molecule has 2 amide bonds. The van der Waals surface area contributed by atoms with Gasteiger partial charge in [0, 0.05) is 25.2 Å². The first-order chi connectivity index (χ1) is 15.4. The third kappa shape index (κ3) is 6.55. The summed E-state index contributed by atoms with van der Waals surface area (Å²) in [5.41, 5.74) is 0.361. The number of benzene rings is 1. The second-order valence-electron chi connectivity index (χ2n) is 7.13. The molecule has 0 unspecified atom stereocenters. The molecule has 1 saturated heterocycles. The Kier molecular flexibility index (Phi) is 8.68. The highest BCUT2D eigenvalue weighted by Gasteiger charge is 2.21. The van der Waals surface area contributed by atoms with Gasteiger partial charge in [-0.25, -0.2) is 0 Å². The lowest BCUT2D eigenvalue weighted by Gasteiger charge is -2.20. The summed E-state index contributed by atoms with van der Waals surface area (Å²) in [7, 11) is 0. The summed E-state index contributed by atoms with van der Waals surface area (Å²) in [6, 6.07) is 4.03. The topological polar surface area (TPSA) is 89.4 Å². The number of aromatic nitrogens is 3. The van der Waals surface area contributed by atoms with Gasteiger partial charge >= 0.3 is 6.61 Å². The molecule has 0 aliphatic carbocycles. The van der Waals surface area contributed by atoms with Crippen molar-refractivity contribution < 1.29 is 23.1 Å². The predicted molar refractivity (Wildman–Crippen MR) is 117 cm³/mol. The number of alkyl halides is 2. The molecule has 8 nitrogen and oxygen atoms in total. The van der Waals surface area contributed by atoms with Crippen LogP contribution in [0.25, 0.3) is 0 Å². The van der Waals surface area contributed by atoms with Crippen LogP contribution in [-0.2, 0) is 22.7 Å². The molecule has 32 heavy (non-hydrogen) atoms. The van der Waals surface area contributed by atoms with Gasteiger partial charge in [-0.15, -0.1) is 10.2 Å². The van der Waals surface area contributed by atoms with Gasteiger partial charge in [-0.3, -0.25) is 9.59 Å². The zero-order valence-corrected chi connectivity index (χ0v) is 19.1. The summed E-state index contributed by atoms with van der Waals surface area (Å²) in [6.07, 6.45) is 3.50. The second-order valence-corrected chi connectivity index (χ2v) is 8.48. The number of likely N-dealkylation sites (tertiary alicyclic amines) is 1. The van der Waals surface area contributed by atoms with Gasteiger partial charge in [0.05, 0.1) is 17.3 Å². The van der Waals surface area contributed by atoms with Gasteiger partial charge in [0.2, 0.25) is 11.8 Å². The van der Waals surface area contributed by atoms with Crippen LogP contribution >= 0.6 is 23.4 Å². The Labute approximate surface area is 193 Å². The number of amides is 2. The molecule has 0 radical (unpaired) electrons. The highest BCUT2D eigenvalue weighted by molar-refractivity contribution is 7.99. The third-order valence-electron chi connectivity index (χ3n) is 4.88. The summed E-state index contributed by atoms with van der Waals surface area (Å²) in [4.78, 5) is 26.4. The molecule has 1 aliphatic heterocycles. The normalized spacial score (nSPS) is 14.5. The summed E-state index contributed by atoms with van der Waals surface area (Å²) < 4.78 is 30.8. The molecule has 1 N–H and O–H groups in total. The van der Waals surface area contributed by atoms with Crippen molar-refractivity contribution in [3.63, 3.8) is 0 Å². The van der Waals surface area contributed by atoms with Gasteiger partial charge in [-0.1, -0.05) is 29.8 Å². The van der Waals surface area contributed by atoms with E-state index in [9.17, 15) is 18.4 Å². The second kappa shape index (κ2) is 11.5. The predicted octanol–water partition coefficient (Wildman–Crippen LogP) is 4.19. The Balaban J connectivity index is 1.57. The van der Waals surface area contributed by atoms with E-state index in [0.29, 0.717) is 42.7 Å². The molecule has 1 aromatic heterocycles. The standard InChI is InChI=1S/C20H24ClF2N5O3S/c1-2-28-16(11-27-9-5-3-4-6-18(27)30)25-26-20(28)32-12-17(29)24-13-7-8-15(14(21)10-13)31-19(22)23/h7-8,10,19H,2-6,9,11-12H2,1H3,(H,24,29). The highest BCUT2D eigenvalue weighted by Crippen LogP contribution is 2.29.